The van der Waals surface area contributed by atoms with E-state index in [-0.39, 0.29) is 23.5 Å². The van der Waals surface area contributed by atoms with Gasteiger partial charge in [0.1, 0.15) is 11.8 Å². The quantitative estimate of drug-likeness (QED) is 0.870. The standard InChI is InChI=1S/C16H23NO4/c1-6-10-11-7-16(3,4)8-12(21-9(2)18)13(11)17-14(10)15(19)20-5/h12,17H,6-8H2,1-5H3. The number of carbonyl (C=O) groups excluding carboxylic acids is 2. The summed E-state index contributed by atoms with van der Waals surface area (Å²) in [5, 5.41) is 0. The highest BCUT2D eigenvalue weighted by atomic mass is 16.5. The molecule has 0 spiro atoms. The Kier molecular flexibility index (Phi) is 4.12. The van der Waals surface area contributed by atoms with E-state index in [9.17, 15) is 9.59 Å². The molecule has 0 bridgehead atoms. The second-order valence-electron chi connectivity index (χ2n) is 6.36. The number of ether oxygens (including phenoxy) is 2. The largest absolute Gasteiger partial charge is 0.464 e. The second-order valence-corrected chi connectivity index (χ2v) is 6.36. The van der Waals surface area contributed by atoms with Crippen LogP contribution in [0.5, 0.6) is 0 Å². The van der Waals surface area contributed by atoms with Gasteiger partial charge in [0, 0.05) is 6.92 Å². The van der Waals surface area contributed by atoms with E-state index in [0.717, 1.165) is 36.1 Å². The van der Waals surface area contributed by atoms with E-state index in [2.05, 4.69) is 18.8 Å². The normalized spacial score (nSPS) is 19.8. The molecule has 116 valence electrons. The maximum absolute atomic E-state index is 11.9. The summed E-state index contributed by atoms with van der Waals surface area (Å²) in [7, 11) is 1.37. The van der Waals surface area contributed by atoms with Gasteiger partial charge in [0.05, 0.1) is 12.8 Å². The predicted molar refractivity (Wildman–Crippen MR) is 78.1 cm³/mol. The van der Waals surface area contributed by atoms with Crippen LogP contribution in [0, 0.1) is 5.41 Å². The highest BCUT2D eigenvalue weighted by Crippen LogP contribution is 2.44. The van der Waals surface area contributed by atoms with Crippen LogP contribution in [0.3, 0.4) is 0 Å². The van der Waals surface area contributed by atoms with Crippen molar-refractivity contribution in [3.63, 3.8) is 0 Å². The third kappa shape index (κ3) is 2.96. The van der Waals surface area contributed by atoms with Crippen molar-refractivity contribution >= 4 is 11.9 Å². The summed E-state index contributed by atoms with van der Waals surface area (Å²) < 4.78 is 10.3. The molecule has 21 heavy (non-hydrogen) atoms. The summed E-state index contributed by atoms with van der Waals surface area (Å²) >= 11 is 0. The topological polar surface area (TPSA) is 68.4 Å². The monoisotopic (exact) mass is 293 g/mol. The van der Waals surface area contributed by atoms with E-state index in [0.29, 0.717) is 5.69 Å². The van der Waals surface area contributed by atoms with E-state index >= 15 is 0 Å². The Hall–Kier alpha value is -1.78. The minimum Gasteiger partial charge on any atom is -0.464 e. The molecule has 2 rings (SSSR count). The third-order valence-corrected chi connectivity index (χ3v) is 4.02. The van der Waals surface area contributed by atoms with Gasteiger partial charge in [0.25, 0.3) is 0 Å². The van der Waals surface area contributed by atoms with Crippen LogP contribution in [-0.2, 0) is 27.1 Å². The number of carbonyl (C=O) groups is 2. The van der Waals surface area contributed by atoms with Gasteiger partial charge in [-0.2, -0.15) is 0 Å². The number of aromatic amines is 1. The molecule has 1 aliphatic rings. The summed E-state index contributed by atoms with van der Waals surface area (Å²) in [5.41, 5.74) is 3.43. The number of hydrogen-bond donors (Lipinski definition) is 1. The summed E-state index contributed by atoms with van der Waals surface area (Å²) in [4.78, 5) is 26.4. The number of esters is 2. The van der Waals surface area contributed by atoms with Gasteiger partial charge in [-0.25, -0.2) is 4.79 Å². The molecule has 1 aliphatic carbocycles. The van der Waals surface area contributed by atoms with Gasteiger partial charge >= 0.3 is 11.9 Å². The van der Waals surface area contributed by atoms with Gasteiger partial charge < -0.3 is 14.5 Å². The summed E-state index contributed by atoms with van der Waals surface area (Å²) in [5.74, 6) is -0.684. The summed E-state index contributed by atoms with van der Waals surface area (Å²) in [6.45, 7) is 7.72. The van der Waals surface area contributed by atoms with Gasteiger partial charge in [0.2, 0.25) is 0 Å². The van der Waals surface area contributed by atoms with Crippen LogP contribution in [0.1, 0.15) is 67.5 Å². The summed E-state index contributed by atoms with van der Waals surface area (Å²) in [6, 6.07) is 0. The number of methoxy groups -OCH3 is 1. The predicted octanol–water partition coefficient (Wildman–Crippen LogP) is 2.94. The number of hydrogen-bond acceptors (Lipinski definition) is 4. The summed E-state index contributed by atoms with van der Waals surface area (Å²) in [6.07, 6.45) is 2.00. The molecule has 1 heterocycles. The van der Waals surface area contributed by atoms with Gasteiger partial charge in [-0.05, 0) is 35.8 Å². The number of aromatic nitrogens is 1. The van der Waals surface area contributed by atoms with Gasteiger partial charge in [0.15, 0.2) is 0 Å². The smallest absolute Gasteiger partial charge is 0.354 e. The van der Waals surface area contributed by atoms with Crippen LogP contribution in [0.25, 0.3) is 0 Å². The minimum atomic E-state index is -0.374. The van der Waals surface area contributed by atoms with Crippen molar-refractivity contribution < 1.29 is 19.1 Å². The molecule has 5 nitrogen and oxygen atoms in total. The number of rotatable bonds is 3. The Morgan fingerprint density at radius 2 is 2.05 bits per heavy atom. The molecular weight excluding hydrogens is 270 g/mol. The van der Waals surface area contributed by atoms with Crippen molar-refractivity contribution in [2.24, 2.45) is 5.41 Å². The minimum absolute atomic E-state index is 0.0205. The van der Waals surface area contributed by atoms with E-state index in [1.165, 1.54) is 14.0 Å². The van der Waals surface area contributed by atoms with Crippen LogP contribution in [0.2, 0.25) is 0 Å². The van der Waals surface area contributed by atoms with E-state index in [1.54, 1.807) is 0 Å². The van der Waals surface area contributed by atoms with Gasteiger partial charge in [-0.15, -0.1) is 0 Å². The molecule has 0 saturated heterocycles. The van der Waals surface area contributed by atoms with Crippen molar-refractivity contribution in [3.05, 3.63) is 22.5 Å². The molecule has 1 N–H and O–H groups in total. The molecular formula is C16H23NO4. The molecule has 0 aliphatic heterocycles. The first-order valence-corrected chi connectivity index (χ1v) is 7.28. The lowest BCUT2D eigenvalue weighted by Crippen LogP contribution is -2.28. The molecule has 0 amide bonds. The Balaban J connectivity index is 2.54. The van der Waals surface area contributed by atoms with Crippen molar-refractivity contribution in [3.8, 4) is 0 Å². The van der Waals surface area contributed by atoms with Crippen LogP contribution >= 0.6 is 0 Å². The fourth-order valence-electron chi connectivity index (χ4n) is 3.20. The number of H-pyrrole nitrogens is 1. The lowest BCUT2D eigenvalue weighted by molar-refractivity contribution is -0.149. The van der Waals surface area contributed by atoms with Crippen LogP contribution in [0.4, 0.5) is 0 Å². The molecule has 1 atom stereocenters. The first-order valence-electron chi connectivity index (χ1n) is 7.28. The Morgan fingerprint density at radius 1 is 1.38 bits per heavy atom. The van der Waals surface area contributed by atoms with Gasteiger partial charge in [-0.1, -0.05) is 20.8 Å². The fourth-order valence-corrected chi connectivity index (χ4v) is 3.20. The van der Waals surface area contributed by atoms with Crippen molar-refractivity contribution in [1.29, 1.82) is 0 Å². The maximum atomic E-state index is 11.9. The maximum Gasteiger partial charge on any atom is 0.354 e. The average Bonchev–Trinajstić information content (AvgIpc) is 2.74. The molecule has 0 aromatic carbocycles. The van der Waals surface area contributed by atoms with Crippen molar-refractivity contribution in [2.45, 2.75) is 53.1 Å². The van der Waals surface area contributed by atoms with Gasteiger partial charge in [-0.3, -0.25) is 4.79 Å². The molecule has 1 unspecified atom stereocenters. The Morgan fingerprint density at radius 3 is 2.57 bits per heavy atom. The molecule has 0 saturated carbocycles. The lowest BCUT2D eigenvalue weighted by atomic mass is 9.74. The van der Waals surface area contributed by atoms with E-state index in [1.807, 2.05) is 6.92 Å². The van der Waals surface area contributed by atoms with Crippen LogP contribution in [0.15, 0.2) is 0 Å². The van der Waals surface area contributed by atoms with Crippen molar-refractivity contribution in [1.82, 2.24) is 4.98 Å². The van der Waals surface area contributed by atoms with E-state index in [4.69, 9.17) is 9.47 Å². The highest BCUT2D eigenvalue weighted by Gasteiger charge is 2.38. The highest BCUT2D eigenvalue weighted by molar-refractivity contribution is 5.90. The number of fused-ring (bicyclic) bond motifs is 1. The molecule has 5 heteroatoms. The second kappa shape index (κ2) is 5.54. The zero-order valence-corrected chi connectivity index (χ0v) is 13.3. The Labute approximate surface area is 125 Å². The lowest BCUT2D eigenvalue weighted by Gasteiger charge is -2.35. The molecule has 1 aromatic rings. The Bertz CT molecular complexity index is 571. The first kappa shape index (κ1) is 15.6. The van der Waals surface area contributed by atoms with Crippen LogP contribution < -0.4 is 0 Å². The molecule has 0 fully saturated rings. The molecule has 1 aromatic heterocycles. The third-order valence-electron chi connectivity index (χ3n) is 4.02. The SMILES string of the molecule is CCc1c(C(=O)OC)[nH]c2c1CC(C)(C)CC2OC(C)=O. The molecule has 0 radical (unpaired) electrons. The number of nitrogens with one attached hydrogen (secondary N) is 1. The van der Waals surface area contributed by atoms with E-state index < -0.39 is 0 Å². The van der Waals surface area contributed by atoms with Crippen LogP contribution in [-0.4, -0.2) is 24.0 Å². The van der Waals surface area contributed by atoms with Crippen molar-refractivity contribution in [2.75, 3.05) is 7.11 Å². The average molecular weight is 293 g/mol. The zero-order chi connectivity index (χ0) is 15.8. The zero-order valence-electron chi connectivity index (χ0n) is 13.3. The first-order chi connectivity index (χ1) is 9.79. The fraction of sp³-hybridized carbons (Fsp3) is 0.625.